The van der Waals surface area contributed by atoms with E-state index in [0.29, 0.717) is 23.6 Å². The molecule has 29 heavy (non-hydrogen) atoms. The van der Waals surface area contributed by atoms with E-state index in [1.54, 1.807) is 4.68 Å². The number of amides is 1. The molecule has 154 valence electrons. The lowest BCUT2D eigenvalue weighted by Gasteiger charge is -2.34. The summed E-state index contributed by atoms with van der Waals surface area (Å²) in [4.78, 5) is 16.9. The number of hydrogen-bond acceptors (Lipinski definition) is 8. The molecule has 3 heterocycles. The predicted molar refractivity (Wildman–Crippen MR) is 107 cm³/mol. The van der Waals surface area contributed by atoms with Crippen molar-refractivity contribution in [2.45, 2.75) is 30.5 Å². The van der Waals surface area contributed by atoms with Gasteiger partial charge in [0, 0.05) is 38.6 Å². The number of fused-ring (bicyclic) bond motifs is 1. The maximum atomic E-state index is 12.6. The number of nitrogens with zero attached hydrogens (tertiary/aromatic N) is 5. The Morgan fingerprint density at radius 1 is 1.14 bits per heavy atom. The third kappa shape index (κ3) is 3.99. The van der Waals surface area contributed by atoms with Crippen LogP contribution in [0.5, 0.6) is 11.5 Å². The van der Waals surface area contributed by atoms with E-state index in [1.807, 2.05) is 17.0 Å². The van der Waals surface area contributed by atoms with Crippen LogP contribution in [0.2, 0.25) is 0 Å². The van der Waals surface area contributed by atoms with Crippen molar-refractivity contribution in [1.29, 1.82) is 0 Å². The molecule has 1 aromatic heterocycles. The minimum Gasteiger partial charge on any atom is -0.454 e. The fourth-order valence-electron chi connectivity index (χ4n) is 3.68. The van der Waals surface area contributed by atoms with Crippen LogP contribution in [0.25, 0.3) is 0 Å². The molecule has 1 aliphatic carbocycles. The van der Waals surface area contributed by atoms with Crippen molar-refractivity contribution in [1.82, 2.24) is 24.7 Å². The maximum absolute atomic E-state index is 12.6. The zero-order valence-electron chi connectivity index (χ0n) is 16.1. The van der Waals surface area contributed by atoms with Crippen LogP contribution in [-0.4, -0.2) is 69.3 Å². The van der Waals surface area contributed by atoms with E-state index < -0.39 is 0 Å². The van der Waals surface area contributed by atoms with Gasteiger partial charge in [0.15, 0.2) is 17.3 Å². The number of carbonyl (C=O) groups excluding carboxylic acids is 1. The summed E-state index contributed by atoms with van der Waals surface area (Å²) in [7, 11) is 0. The number of ether oxygens (including phenoxy) is 2. The molecule has 0 bridgehead atoms. The summed E-state index contributed by atoms with van der Waals surface area (Å²) in [6.07, 6.45) is 2.24. The lowest BCUT2D eigenvalue weighted by atomic mass is 10.1. The van der Waals surface area contributed by atoms with Gasteiger partial charge in [0.2, 0.25) is 17.9 Å². The predicted octanol–water partition coefficient (Wildman–Crippen LogP) is 1.03. The monoisotopic (exact) mass is 416 g/mol. The molecule has 1 aromatic carbocycles. The number of piperazine rings is 1. The quantitative estimate of drug-likeness (QED) is 0.551. The van der Waals surface area contributed by atoms with Crippen LogP contribution in [0.4, 0.5) is 0 Å². The Labute approximate surface area is 173 Å². The lowest BCUT2D eigenvalue weighted by molar-refractivity contribution is -0.130. The maximum Gasteiger partial charge on any atom is 0.233 e. The number of hydrogen-bond donors (Lipinski definition) is 1. The van der Waals surface area contributed by atoms with Gasteiger partial charge in [-0.3, -0.25) is 9.69 Å². The molecular weight excluding hydrogens is 392 g/mol. The van der Waals surface area contributed by atoms with Gasteiger partial charge in [-0.15, -0.1) is 10.2 Å². The molecule has 9 nitrogen and oxygen atoms in total. The minimum atomic E-state index is 0.119. The number of benzene rings is 1. The van der Waals surface area contributed by atoms with Crippen LogP contribution in [0.1, 0.15) is 30.1 Å². The van der Waals surface area contributed by atoms with E-state index >= 15 is 0 Å². The Balaban J connectivity index is 1.09. The molecule has 3 aliphatic rings. The summed E-state index contributed by atoms with van der Waals surface area (Å²) in [6, 6.07) is 6.06. The van der Waals surface area contributed by atoms with Crippen LogP contribution >= 0.6 is 11.8 Å². The highest BCUT2D eigenvalue weighted by molar-refractivity contribution is 7.99. The molecule has 1 saturated heterocycles. The van der Waals surface area contributed by atoms with E-state index in [9.17, 15) is 4.79 Å². The number of rotatable bonds is 6. The van der Waals surface area contributed by atoms with Gasteiger partial charge in [-0.25, -0.2) is 4.68 Å². The van der Waals surface area contributed by atoms with Crippen LogP contribution in [-0.2, 0) is 11.3 Å². The second kappa shape index (κ2) is 7.75. The number of thioether (sulfide) groups is 1. The number of nitrogen functional groups attached to an aromatic ring is 1. The first kappa shape index (κ1) is 18.6. The smallest absolute Gasteiger partial charge is 0.233 e. The van der Waals surface area contributed by atoms with Gasteiger partial charge in [-0.2, -0.15) is 0 Å². The van der Waals surface area contributed by atoms with Crippen molar-refractivity contribution in [3.8, 4) is 11.5 Å². The Morgan fingerprint density at radius 2 is 1.93 bits per heavy atom. The average molecular weight is 417 g/mol. The largest absolute Gasteiger partial charge is 0.454 e. The fourth-order valence-corrected chi connectivity index (χ4v) is 4.44. The highest BCUT2D eigenvalue weighted by Crippen LogP contribution is 2.39. The van der Waals surface area contributed by atoms with Crippen LogP contribution in [0.3, 0.4) is 0 Å². The summed E-state index contributed by atoms with van der Waals surface area (Å²) in [5, 5.41) is 8.90. The minimum absolute atomic E-state index is 0.119. The van der Waals surface area contributed by atoms with E-state index in [4.69, 9.17) is 15.3 Å². The van der Waals surface area contributed by atoms with E-state index in [0.717, 1.165) is 62.9 Å². The molecule has 1 amide bonds. The standard InChI is InChI=1S/C19H24N6O3S/c20-25-18(14-2-3-14)21-22-19(25)29-11-17(26)24-7-5-23(6-8-24)10-13-1-4-15-16(9-13)28-12-27-15/h1,4,9,14H,2-3,5-8,10-12,20H2. The molecule has 0 radical (unpaired) electrons. The molecule has 2 aliphatic heterocycles. The van der Waals surface area contributed by atoms with Gasteiger partial charge in [0.25, 0.3) is 0 Å². The molecule has 2 aromatic rings. The van der Waals surface area contributed by atoms with E-state index in [1.165, 1.54) is 17.3 Å². The average Bonchev–Trinajstić information content (AvgIpc) is 3.35. The first-order valence-corrected chi connectivity index (χ1v) is 10.9. The fraction of sp³-hybridized carbons (Fsp3) is 0.526. The molecule has 0 unspecified atom stereocenters. The molecule has 2 N–H and O–H groups in total. The number of carbonyl (C=O) groups is 1. The highest BCUT2D eigenvalue weighted by atomic mass is 32.2. The van der Waals surface area contributed by atoms with Crippen molar-refractivity contribution >= 4 is 17.7 Å². The molecule has 5 rings (SSSR count). The Hall–Kier alpha value is -2.46. The molecule has 0 spiro atoms. The SMILES string of the molecule is Nn1c(SCC(=O)N2CCN(Cc3ccc4c(c3)OCO4)CC2)nnc1C1CC1. The number of aromatic nitrogens is 3. The van der Waals surface area contributed by atoms with Crippen LogP contribution in [0, 0.1) is 0 Å². The molecular formula is C19H24N6O3S. The van der Waals surface area contributed by atoms with Gasteiger partial charge in [-0.05, 0) is 30.5 Å². The third-order valence-electron chi connectivity index (χ3n) is 5.53. The van der Waals surface area contributed by atoms with Crippen molar-refractivity contribution in [3.63, 3.8) is 0 Å². The third-order valence-corrected chi connectivity index (χ3v) is 6.45. The second-order valence-corrected chi connectivity index (χ2v) is 8.56. The van der Waals surface area contributed by atoms with Crippen molar-refractivity contribution < 1.29 is 14.3 Å². The first-order chi connectivity index (χ1) is 14.2. The van der Waals surface area contributed by atoms with Crippen molar-refractivity contribution in [2.24, 2.45) is 0 Å². The lowest BCUT2D eigenvalue weighted by Crippen LogP contribution is -2.48. The van der Waals surface area contributed by atoms with Gasteiger partial charge in [-0.1, -0.05) is 17.8 Å². The zero-order chi connectivity index (χ0) is 19.8. The van der Waals surface area contributed by atoms with Gasteiger partial charge < -0.3 is 20.2 Å². The molecule has 1 saturated carbocycles. The van der Waals surface area contributed by atoms with Crippen molar-refractivity contribution in [3.05, 3.63) is 29.6 Å². The molecule has 2 fully saturated rings. The van der Waals surface area contributed by atoms with Gasteiger partial charge in [0.05, 0.1) is 5.75 Å². The second-order valence-electron chi connectivity index (χ2n) is 7.62. The number of nitrogens with two attached hydrogens (primary N) is 1. The van der Waals surface area contributed by atoms with Crippen LogP contribution < -0.4 is 15.3 Å². The Bertz CT molecular complexity index is 907. The highest BCUT2D eigenvalue weighted by Gasteiger charge is 2.30. The first-order valence-electron chi connectivity index (χ1n) is 9.89. The Kier molecular flexibility index (Phi) is 4.96. The normalized spacial score (nSPS) is 19.0. The summed E-state index contributed by atoms with van der Waals surface area (Å²) < 4.78 is 12.4. The Morgan fingerprint density at radius 3 is 2.72 bits per heavy atom. The summed E-state index contributed by atoms with van der Waals surface area (Å²) in [6.45, 7) is 4.29. The molecule has 10 heteroatoms. The van der Waals surface area contributed by atoms with Gasteiger partial charge in [0.1, 0.15) is 0 Å². The summed E-state index contributed by atoms with van der Waals surface area (Å²) in [5.41, 5.74) is 1.19. The summed E-state index contributed by atoms with van der Waals surface area (Å²) in [5.74, 6) is 9.40. The van der Waals surface area contributed by atoms with E-state index in [-0.39, 0.29) is 5.91 Å². The van der Waals surface area contributed by atoms with Gasteiger partial charge >= 0.3 is 0 Å². The molecule has 0 atom stereocenters. The zero-order valence-corrected chi connectivity index (χ0v) is 16.9. The van der Waals surface area contributed by atoms with Crippen LogP contribution in [0.15, 0.2) is 23.4 Å². The van der Waals surface area contributed by atoms with E-state index in [2.05, 4.69) is 21.2 Å². The topological polar surface area (TPSA) is 98.7 Å². The van der Waals surface area contributed by atoms with Crippen molar-refractivity contribution in [2.75, 3.05) is 44.6 Å². The summed E-state index contributed by atoms with van der Waals surface area (Å²) >= 11 is 1.36.